The molecular weight excluding hydrogens is 328 g/mol. The number of aromatic nitrogens is 1. The fourth-order valence-corrected chi connectivity index (χ4v) is 3.18. The minimum Gasteiger partial charge on any atom is -0.497 e. The molecule has 0 unspecified atom stereocenters. The highest BCUT2D eigenvalue weighted by Crippen LogP contribution is 2.39. The molecule has 0 radical (unpaired) electrons. The predicted molar refractivity (Wildman–Crippen MR) is 89.1 cm³/mol. The fraction of sp³-hybridized carbons (Fsp3) is 0.353. The SMILES string of the molecule is COc1ccc(C2CC(Nc3ccc(Br)nc3C)C2)cc1. The number of aryl methyl sites for hydroxylation is 1. The maximum absolute atomic E-state index is 5.20. The van der Waals surface area contributed by atoms with Crippen molar-refractivity contribution < 1.29 is 4.74 Å². The highest BCUT2D eigenvalue weighted by atomic mass is 79.9. The third kappa shape index (κ3) is 3.21. The molecule has 4 heteroatoms. The molecule has 0 spiro atoms. The van der Waals surface area contributed by atoms with Crippen molar-refractivity contribution in [3.05, 3.63) is 52.3 Å². The second-order valence-electron chi connectivity index (χ2n) is 5.55. The molecule has 1 heterocycles. The number of nitrogens with zero attached hydrogens (tertiary/aromatic N) is 1. The van der Waals surface area contributed by atoms with Crippen LogP contribution in [0.25, 0.3) is 0 Å². The Labute approximate surface area is 133 Å². The van der Waals surface area contributed by atoms with Gasteiger partial charge >= 0.3 is 0 Å². The molecule has 1 aliphatic carbocycles. The average Bonchev–Trinajstić information content (AvgIpc) is 2.44. The van der Waals surface area contributed by atoms with Crippen LogP contribution in [0, 0.1) is 6.92 Å². The van der Waals surface area contributed by atoms with Crippen LogP contribution in [0.3, 0.4) is 0 Å². The van der Waals surface area contributed by atoms with E-state index in [-0.39, 0.29) is 0 Å². The normalized spacial score (nSPS) is 20.7. The third-order valence-electron chi connectivity index (χ3n) is 4.14. The van der Waals surface area contributed by atoms with E-state index in [1.54, 1.807) is 7.11 Å². The first-order chi connectivity index (χ1) is 10.2. The Balaban J connectivity index is 1.57. The molecule has 2 aromatic rings. The smallest absolute Gasteiger partial charge is 0.118 e. The largest absolute Gasteiger partial charge is 0.497 e. The Hall–Kier alpha value is -1.55. The molecule has 0 saturated heterocycles. The quantitative estimate of drug-likeness (QED) is 0.826. The molecular formula is C17H19BrN2O. The van der Waals surface area contributed by atoms with E-state index >= 15 is 0 Å². The maximum Gasteiger partial charge on any atom is 0.118 e. The van der Waals surface area contributed by atoms with E-state index in [0.717, 1.165) is 21.7 Å². The summed E-state index contributed by atoms with van der Waals surface area (Å²) in [5.41, 5.74) is 3.58. The lowest BCUT2D eigenvalue weighted by Crippen LogP contribution is -2.34. The number of rotatable bonds is 4. The summed E-state index contributed by atoms with van der Waals surface area (Å²) in [6.07, 6.45) is 2.34. The summed E-state index contributed by atoms with van der Waals surface area (Å²) in [6, 6.07) is 13.0. The zero-order chi connectivity index (χ0) is 14.8. The lowest BCUT2D eigenvalue weighted by Gasteiger charge is -2.37. The number of hydrogen-bond acceptors (Lipinski definition) is 3. The molecule has 0 aliphatic heterocycles. The van der Waals surface area contributed by atoms with E-state index in [2.05, 4.69) is 44.4 Å². The highest BCUT2D eigenvalue weighted by Gasteiger charge is 2.30. The second kappa shape index (κ2) is 6.06. The van der Waals surface area contributed by atoms with Crippen LogP contribution < -0.4 is 10.1 Å². The van der Waals surface area contributed by atoms with Crippen molar-refractivity contribution in [1.82, 2.24) is 4.98 Å². The summed E-state index contributed by atoms with van der Waals surface area (Å²) in [4.78, 5) is 4.42. The molecule has 1 fully saturated rings. The molecule has 1 aliphatic rings. The van der Waals surface area contributed by atoms with Crippen molar-refractivity contribution in [3.63, 3.8) is 0 Å². The van der Waals surface area contributed by atoms with Crippen LogP contribution in [0.15, 0.2) is 41.0 Å². The van der Waals surface area contributed by atoms with Crippen molar-refractivity contribution in [2.24, 2.45) is 0 Å². The first kappa shape index (κ1) is 14.4. The minimum absolute atomic E-state index is 0.541. The van der Waals surface area contributed by atoms with Gasteiger partial charge in [-0.15, -0.1) is 0 Å². The third-order valence-corrected chi connectivity index (χ3v) is 4.58. The van der Waals surface area contributed by atoms with Crippen molar-refractivity contribution in [3.8, 4) is 5.75 Å². The maximum atomic E-state index is 5.20. The van der Waals surface area contributed by atoms with Gasteiger partial charge in [0.2, 0.25) is 0 Å². The van der Waals surface area contributed by atoms with Gasteiger partial charge in [-0.1, -0.05) is 12.1 Å². The fourth-order valence-electron chi connectivity index (χ4n) is 2.79. The van der Waals surface area contributed by atoms with Crippen molar-refractivity contribution in [2.75, 3.05) is 12.4 Å². The van der Waals surface area contributed by atoms with Crippen molar-refractivity contribution in [1.29, 1.82) is 0 Å². The summed E-state index contributed by atoms with van der Waals surface area (Å²) in [6.45, 7) is 2.03. The highest BCUT2D eigenvalue weighted by molar-refractivity contribution is 9.10. The Morgan fingerprint density at radius 1 is 1.14 bits per heavy atom. The van der Waals surface area contributed by atoms with Gasteiger partial charge in [0.15, 0.2) is 0 Å². The second-order valence-corrected chi connectivity index (χ2v) is 6.36. The van der Waals surface area contributed by atoms with E-state index in [9.17, 15) is 0 Å². The number of nitrogens with one attached hydrogen (secondary N) is 1. The van der Waals surface area contributed by atoms with Gasteiger partial charge in [-0.05, 0) is 71.4 Å². The van der Waals surface area contributed by atoms with Gasteiger partial charge in [-0.2, -0.15) is 0 Å². The molecule has 1 N–H and O–H groups in total. The van der Waals surface area contributed by atoms with Gasteiger partial charge in [0.25, 0.3) is 0 Å². The first-order valence-electron chi connectivity index (χ1n) is 7.19. The zero-order valence-electron chi connectivity index (χ0n) is 12.3. The Bertz CT molecular complexity index is 621. The summed E-state index contributed by atoms with van der Waals surface area (Å²) in [7, 11) is 1.70. The molecule has 0 bridgehead atoms. The van der Waals surface area contributed by atoms with E-state index in [4.69, 9.17) is 4.74 Å². The van der Waals surface area contributed by atoms with Gasteiger partial charge in [0.05, 0.1) is 18.5 Å². The number of methoxy groups -OCH3 is 1. The summed E-state index contributed by atoms with van der Waals surface area (Å²) >= 11 is 3.40. The monoisotopic (exact) mass is 346 g/mol. The molecule has 110 valence electrons. The Morgan fingerprint density at radius 3 is 2.48 bits per heavy atom. The molecule has 21 heavy (non-hydrogen) atoms. The van der Waals surface area contributed by atoms with Crippen molar-refractivity contribution >= 4 is 21.6 Å². The number of halogens is 1. The minimum atomic E-state index is 0.541. The Kier molecular flexibility index (Phi) is 4.15. The molecule has 3 nitrogen and oxygen atoms in total. The van der Waals surface area contributed by atoms with Gasteiger partial charge in [-0.25, -0.2) is 4.98 Å². The van der Waals surface area contributed by atoms with Gasteiger partial charge < -0.3 is 10.1 Å². The lowest BCUT2D eigenvalue weighted by molar-refractivity contribution is 0.373. The van der Waals surface area contributed by atoms with Crippen LogP contribution in [0.5, 0.6) is 5.75 Å². The van der Waals surface area contributed by atoms with Gasteiger partial charge in [0.1, 0.15) is 10.4 Å². The Morgan fingerprint density at radius 2 is 1.86 bits per heavy atom. The average molecular weight is 347 g/mol. The van der Waals surface area contributed by atoms with Crippen LogP contribution in [-0.2, 0) is 0 Å². The molecule has 1 aromatic heterocycles. The molecule has 0 amide bonds. The van der Waals surface area contributed by atoms with Crippen LogP contribution in [0.2, 0.25) is 0 Å². The standard InChI is InChI=1S/C17H19BrN2O/c1-11-16(7-8-17(18)19-11)20-14-9-13(10-14)12-3-5-15(21-2)6-4-12/h3-8,13-14,20H,9-10H2,1-2H3. The lowest BCUT2D eigenvalue weighted by atomic mass is 9.76. The van der Waals surface area contributed by atoms with Crippen LogP contribution in [0.4, 0.5) is 5.69 Å². The summed E-state index contributed by atoms with van der Waals surface area (Å²) in [5.74, 6) is 1.57. The van der Waals surface area contributed by atoms with Crippen LogP contribution in [0.1, 0.15) is 30.0 Å². The topological polar surface area (TPSA) is 34.1 Å². The van der Waals surface area contributed by atoms with E-state index in [0.29, 0.717) is 12.0 Å². The molecule has 1 aromatic carbocycles. The zero-order valence-corrected chi connectivity index (χ0v) is 13.9. The van der Waals surface area contributed by atoms with Gasteiger partial charge in [0, 0.05) is 6.04 Å². The van der Waals surface area contributed by atoms with Crippen LogP contribution >= 0.6 is 15.9 Å². The number of ether oxygens (including phenoxy) is 1. The predicted octanol–water partition coefficient (Wildman–Crippen LogP) is 4.52. The molecule has 0 atom stereocenters. The number of benzene rings is 1. The molecule has 3 rings (SSSR count). The summed E-state index contributed by atoms with van der Waals surface area (Å²) < 4.78 is 6.08. The van der Waals surface area contributed by atoms with Gasteiger partial charge in [-0.3, -0.25) is 0 Å². The van der Waals surface area contributed by atoms with E-state index < -0.39 is 0 Å². The van der Waals surface area contributed by atoms with E-state index in [1.807, 2.05) is 25.1 Å². The molecule has 1 saturated carbocycles. The number of anilines is 1. The van der Waals surface area contributed by atoms with Crippen LogP contribution in [-0.4, -0.2) is 18.1 Å². The first-order valence-corrected chi connectivity index (χ1v) is 7.98. The van der Waals surface area contributed by atoms with E-state index in [1.165, 1.54) is 18.4 Å². The number of pyridine rings is 1. The van der Waals surface area contributed by atoms with Crippen molar-refractivity contribution in [2.45, 2.75) is 31.7 Å². The number of hydrogen-bond donors (Lipinski definition) is 1. The summed E-state index contributed by atoms with van der Waals surface area (Å²) in [5, 5.41) is 3.59.